The summed E-state index contributed by atoms with van der Waals surface area (Å²) in [6.45, 7) is -0.561. The zero-order valence-electron chi connectivity index (χ0n) is 8.43. The molecule has 0 saturated carbocycles. The van der Waals surface area contributed by atoms with E-state index < -0.39 is 12.4 Å². The molecule has 4 heteroatoms. The van der Waals surface area contributed by atoms with E-state index in [-0.39, 0.29) is 0 Å². The van der Waals surface area contributed by atoms with E-state index in [1.807, 2.05) is 29.6 Å². The molecule has 0 aliphatic heterocycles. The second kappa shape index (κ2) is 5.01. The molecule has 0 aliphatic carbocycles. The van der Waals surface area contributed by atoms with Crippen LogP contribution in [0.25, 0.3) is 16.6 Å². The van der Waals surface area contributed by atoms with Crippen LogP contribution in [0.1, 0.15) is 5.56 Å². The quantitative estimate of drug-likeness (QED) is 0.886. The van der Waals surface area contributed by atoms with Crippen molar-refractivity contribution in [2.24, 2.45) is 0 Å². The number of rotatable bonds is 3. The topological polar surface area (TPSA) is 33.1 Å². The van der Waals surface area contributed by atoms with Crippen molar-refractivity contribution in [2.75, 3.05) is 6.61 Å². The minimum Gasteiger partial charge on any atom is -0.389 e. The summed E-state index contributed by atoms with van der Waals surface area (Å²) in [5.41, 5.74) is 1.62. The highest BCUT2D eigenvalue weighted by Crippen LogP contribution is 2.26. The van der Waals surface area contributed by atoms with Crippen molar-refractivity contribution in [3.8, 4) is 10.6 Å². The largest absolute Gasteiger partial charge is 0.389 e. The number of nitrogens with zero attached hydrogens (tertiary/aromatic N) is 1. The number of pyridine rings is 1. The Morgan fingerprint density at radius 1 is 1.50 bits per heavy atom. The maximum atomic E-state index is 12.8. The van der Waals surface area contributed by atoms with Gasteiger partial charge in [0.2, 0.25) is 0 Å². The van der Waals surface area contributed by atoms with E-state index in [0.29, 0.717) is 0 Å². The lowest BCUT2D eigenvalue weighted by Gasteiger charge is -1.93. The smallest absolute Gasteiger partial charge is 0.126 e. The maximum Gasteiger partial charge on any atom is 0.126 e. The summed E-state index contributed by atoms with van der Waals surface area (Å²) in [6, 6.07) is 7.51. The van der Waals surface area contributed by atoms with Crippen LogP contribution in [-0.4, -0.2) is 16.7 Å². The average Bonchev–Trinajstić information content (AvgIpc) is 2.78. The van der Waals surface area contributed by atoms with Crippen molar-refractivity contribution in [3.63, 3.8) is 0 Å². The highest BCUT2D eigenvalue weighted by molar-refractivity contribution is 7.13. The summed E-state index contributed by atoms with van der Waals surface area (Å²) in [7, 11) is 0. The Bertz CT molecular complexity index is 493. The Labute approximate surface area is 96.7 Å². The monoisotopic (exact) mass is 235 g/mol. The van der Waals surface area contributed by atoms with Crippen molar-refractivity contribution >= 4 is 17.4 Å². The van der Waals surface area contributed by atoms with Crippen LogP contribution in [0.3, 0.4) is 0 Å². The number of aliphatic hydroxyl groups excluding tert-OH is 1. The molecule has 0 radical (unpaired) electrons. The molecule has 0 saturated heterocycles. The van der Waals surface area contributed by atoms with Gasteiger partial charge in [0.1, 0.15) is 5.83 Å². The third-order valence-corrected chi connectivity index (χ3v) is 2.98. The Balaban J connectivity index is 2.27. The molecule has 0 atom stereocenters. The minimum atomic E-state index is -0.561. The minimum absolute atomic E-state index is 0.537. The predicted molar refractivity (Wildman–Crippen MR) is 63.7 cm³/mol. The van der Waals surface area contributed by atoms with Gasteiger partial charge in [0, 0.05) is 6.20 Å². The van der Waals surface area contributed by atoms with Crippen LogP contribution in [0.2, 0.25) is 0 Å². The van der Waals surface area contributed by atoms with Gasteiger partial charge in [-0.05, 0) is 35.2 Å². The molecule has 2 aromatic heterocycles. The molecular formula is C12H10FNOS. The van der Waals surface area contributed by atoms with Gasteiger partial charge in [0.25, 0.3) is 0 Å². The molecule has 2 rings (SSSR count). The standard InChI is InChI=1S/C12H10FNOS/c13-10(7-15)5-9-6-12(16-8-9)11-3-1-2-4-14-11/h1-6,8,15H,7H2/b10-5-. The number of aromatic nitrogens is 1. The molecule has 0 unspecified atom stereocenters. The first-order chi connectivity index (χ1) is 7.79. The molecule has 16 heavy (non-hydrogen) atoms. The van der Waals surface area contributed by atoms with E-state index in [4.69, 9.17) is 5.11 Å². The summed E-state index contributed by atoms with van der Waals surface area (Å²) < 4.78 is 12.8. The van der Waals surface area contributed by atoms with Gasteiger partial charge in [-0.1, -0.05) is 6.07 Å². The van der Waals surface area contributed by atoms with E-state index in [1.165, 1.54) is 17.4 Å². The molecule has 2 aromatic rings. The van der Waals surface area contributed by atoms with Crippen LogP contribution in [0.5, 0.6) is 0 Å². The average molecular weight is 235 g/mol. The van der Waals surface area contributed by atoms with Gasteiger partial charge in [0.05, 0.1) is 17.2 Å². The Morgan fingerprint density at radius 2 is 2.38 bits per heavy atom. The lowest BCUT2D eigenvalue weighted by molar-refractivity contribution is 0.300. The van der Waals surface area contributed by atoms with Gasteiger partial charge in [-0.2, -0.15) is 0 Å². The summed E-state index contributed by atoms with van der Waals surface area (Å²) in [6.07, 6.45) is 3.04. The maximum absolute atomic E-state index is 12.8. The molecule has 1 N–H and O–H groups in total. The molecule has 0 aromatic carbocycles. The first-order valence-corrected chi connectivity index (χ1v) is 5.64. The first kappa shape index (κ1) is 11.0. The summed E-state index contributed by atoms with van der Waals surface area (Å²) >= 11 is 1.50. The Kier molecular flexibility index (Phi) is 3.44. The van der Waals surface area contributed by atoms with Gasteiger partial charge in [-0.15, -0.1) is 11.3 Å². The van der Waals surface area contributed by atoms with Crippen molar-refractivity contribution < 1.29 is 9.50 Å². The van der Waals surface area contributed by atoms with Crippen LogP contribution in [0, 0.1) is 0 Å². The number of thiophene rings is 1. The normalized spacial score (nSPS) is 11.8. The molecule has 2 heterocycles. The van der Waals surface area contributed by atoms with Gasteiger partial charge < -0.3 is 5.11 Å². The fourth-order valence-corrected chi connectivity index (χ4v) is 2.14. The zero-order valence-corrected chi connectivity index (χ0v) is 9.25. The molecule has 0 bridgehead atoms. The summed E-state index contributed by atoms with van der Waals surface area (Å²) in [5.74, 6) is -0.537. The summed E-state index contributed by atoms with van der Waals surface area (Å²) in [5, 5.41) is 10.4. The van der Waals surface area contributed by atoms with Crippen molar-refractivity contribution in [2.45, 2.75) is 0 Å². The van der Waals surface area contributed by atoms with Gasteiger partial charge in [0.15, 0.2) is 0 Å². The first-order valence-electron chi connectivity index (χ1n) is 4.76. The van der Waals surface area contributed by atoms with Crippen LogP contribution in [0.4, 0.5) is 4.39 Å². The SMILES string of the molecule is OC/C(F)=C/c1csc(-c2ccccn2)c1. The molecule has 0 fully saturated rings. The molecular weight excluding hydrogens is 225 g/mol. The molecule has 0 amide bonds. The number of halogens is 1. The lowest BCUT2D eigenvalue weighted by Crippen LogP contribution is -1.80. The highest BCUT2D eigenvalue weighted by atomic mass is 32.1. The lowest BCUT2D eigenvalue weighted by atomic mass is 10.2. The van der Waals surface area contributed by atoms with E-state index >= 15 is 0 Å². The van der Waals surface area contributed by atoms with Crippen LogP contribution < -0.4 is 0 Å². The fourth-order valence-electron chi connectivity index (χ4n) is 1.30. The molecule has 0 aliphatic rings. The van der Waals surface area contributed by atoms with Gasteiger partial charge in [-0.3, -0.25) is 4.98 Å². The zero-order chi connectivity index (χ0) is 11.4. The number of aliphatic hydroxyl groups is 1. The number of hydrogen-bond acceptors (Lipinski definition) is 3. The number of hydrogen-bond donors (Lipinski definition) is 1. The molecule has 0 spiro atoms. The van der Waals surface area contributed by atoms with Crippen LogP contribution in [0.15, 0.2) is 41.7 Å². The van der Waals surface area contributed by atoms with E-state index in [1.54, 1.807) is 6.20 Å². The molecule has 2 nitrogen and oxygen atoms in total. The molecule has 82 valence electrons. The van der Waals surface area contributed by atoms with Gasteiger partial charge >= 0.3 is 0 Å². The van der Waals surface area contributed by atoms with Crippen molar-refractivity contribution in [3.05, 3.63) is 47.2 Å². The van der Waals surface area contributed by atoms with Gasteiger partial charge in [-0.25, -0.2) is 4.39 Å². The van der Waals surface area contributed by atoms with Crippen LogP contribution in [-0.2, 0) is 0 Å². The Hall–Kier alpha value is -1.52. The summed E-state index contributed by atoms with van der Waals surface area (Å²) in [4.78, 5) is 5.19. The van der Waals surface area contributed by atoms with E-state index in [2.05, 4.69) is 4.98 Å². The van der Waals surface area contributed by atoms with Crippen molar-refractivity contribution in [1.82, 2.24) is 4.98 Å². The third-order valence-electron chi connectivity index (χ3n) is 2.01. The van der Waals surface area contributed by atoms with Crippen LogP contribution >= 0.6 is 11.3 Å². The van der Waals surface area contributed by atoms with E-state index in [0.717, 1.165) is 16.1 Å². The Morgan fingerprint density at radius 3 is 3.06 bits per heavy atom. The fraction of sp³-hybridized carbons (Fsp3) is 0.0833. The highest BCUT2D eigenvalue weighted by Gasteiger charge is 2.02. The predicted octanol–water partition coefficient (Wildman–Crippen LogP) is 3.11. The third kappa shape index (κ3) is 2.53. The van der Waals surface area contributed by atoms with E-state index in [9.17, 15) is 4.39 Å². The van der Waals surface area contributed by atoms with Crippen molar-refractivity contribution in [1.29, 1.82) is 0 Å². The second-order valence-electron chi connectivity index (χ2n) is 3.21. The second-order valence-corrected chi connectivity index (χ2v) is 4.12.